The first kappa shape index (κ1) is 15.1. The van der Waals surface area contributed by atoms with Gasteiger partial charge in [-0.15, -0.1) is 0 Å². The number of nitrogens with two attached hydrogens (primary N) is 1. The van der Waals surface area contributed by atoms with Crippen LogP contribution in [0, 0.1) is 0 Å². The highest BCUT2D eigenvalue weighted by Gasteiger charge is 2.22. The topological polar surface area (TPSA) is 71.2 Å². The molecule has 0 spiro atoms. The summed E-state index contributed by atoms with van der Waals surface area (Å²) in [5.74, 6) is 0.409. The molecule has 2 rings (SSSR count). The third kappa shape index (κ3) is 3.85. The molecule has 0 atom stereocenters. The summed E-state index contributed by atoms with van der Waals surface area (Å²) in [6, 6.07) is 0. The van der Waals surface area contributed by atoms with Gasteiger partial charge in [0.05, 0.1) is 0 Å². The molecule has 1 aromatic heterocycles. The number of thiazole rings is 1. The van der Waals surface area contributed by atoms with Crippen LogP contribution >= 0.6 is 11.3 Å². The number of anilines is 2. The first-order valence-electron chi connectivity index (χ1n) is 7.51. The van der Waals surface area contributed by atoms with Gasteiger partial charge in [-0.25, -0.2) is 4.98 Å². The lowest BCUT2D eigenvalue weighted by Crippen LogP contribution is -2.33. The van der Waals surface area contributed by atoms with E-state index in [1.165, 1.54) is 30.6 Å². The van der Waals surface area contributed by atoms with Gasteiger partial charge in [-0.2, -0.15) is 0 Å². The van der Waals surface area contributed by atoms with Gasteiger partial charge in [0.1, 0.15) is 10.7 Å². The molecule has 1 aliphatic heterocycles. The van der Waals surface area contributed by atoms with Gasteiger partial charge < -0.3 is 16.0 Å². The van der Waals surface area contributed by atoms with Gasteiger partial charge in [-0.3, -0.25) is 4.79 Å². The summed E-state index contributed by atoms with van der Waals surface area (Å²) in [6.07, 6.45) is 6.91. The monoisotopic (exact) mass is 296 g/mol. The molecule has 0 aliphatic carbocycles. The number of nitrogens with zero attached hydrogens (tertiary/aromatic N) is 2. The molecule has 0 radical (unpaired) electrons. The second kappa shape index (κ2) is 7.47. The van der Waals surface area contributed by atoms with Crippen LogP contribution in [0.4, 0.5) is 10.9 Å². The quantitative estimate of drug-likeness (QED) is 0.896. The molecule has 1 amide bonds. The predicted octanol–water partition coefficient (Wildman–Crippen LogP) is 2.95. The van der Waals surface area contributed by atoms with E-state index in [-0.39, 0.29) is 5.91 Å². The van der Waals surface area contributed by atoms with Gasteiger partial charge in [0.15, 0.2) is 5.13 Å². The minimum Gasteiger partial charge on any atom is -0.382 e. The van der Waals surface area contributed by atoms with Crippen molar-refractivity contribution in [2.75, 3.05) is 30.7 Å². The summed E-state index contributed by atoms with van der Waals surface area (Å²) in [4.78, 5) is 19.3. The number of hydrogen-bond donors (Lipinski definition) is 2. The molecule has 0 unspecified atom stereocenters. The Morgan fingerprint density at radius 2 is 1.95 bits per heavy atom. The molecule has 112 valence electrons. The average molecular weight is 296 g/mol. The highest BCUT2D eigenvalue weighted by molar-refractivity contribution is 7.18. The lowest BCUT2D eigenvalue weighted by Gasteiger charge is -2.24. The summed E-state index contributed by atoms with van der Waals surface area (Å²) in [5, 5.41) is 3.94. The van der Waals surface area contributed by atoms with E-state index in [4.69, 9.17) is 5.73 Å². The van der Waals surface area contributed by atoms with Crippen LogP contribution in [0.1, 0.15) is 55.1 Å². The zero-order valence-electron chi connectivity index (χ0n) is 12.2. The molecule has 2 heterocycles. The smallest absolute Gasteiger partial charge is 0.267 e. The molecule has 20 heavy (non-hydrogen) atoms. The maximum Gasteiger partial charge on any atom is 0.267 e. The van der Waals surface area contributed by atoms with Crippen LogP contribution in [-0.2, 0) is 0 Å². The Bertz CT molecular complexity index is 438. The summed E-state index contributed by atoms with van der Waals surface area (Å²) in [5.41, 5.74) is 5.90. The third-order valence-electron chi connectivity index (χ3n) is 3.52. The lowest BCUT2D eigenvalue weighted by molar-refractivity contribution is 0.0748. The van der Waals surface area contributed by atoms with E-state index >= 15 is 0 Å². The Balaban J connectivity index is 2.04. The maximum atomic E-state index is 12.6. The van der Waals surface area contributed by atoms with E-state index in [2.05, 4.69) is 17.2 Å². The van der Waals surface area contributed by atoms with Crippen molar-refractivity contribution in [2.24, 2.45) is 0 Å². The van der Waals surface area contributed by atoms with Gasteiger partial charge in [0.25, 0.3) is 5.91 Å². The van der Waals surface area contributed by atoms with Crippen molar-refractivity contribution in [3.63, 3.8) is 0 Å². The van der Waals surface area contributed by atoms with E-state index < -0.39 is 0 Å². The van der Waals surface area contributed by atoms with Crippen LogP contribution in [0.2, 0.25) is 0 Å². The van der Waals surface area contributed by atoms with Crippen molar-refractivity contribution in [1.82, 2.24) is 9.88 Å². The zero-order chi connectivity index (χ0) is 14.4. The second-order valence-electron chi connectivity index (χ2n) is 5.22. The van der Waals surface area contributed by atoms with E-state index in [9.17, 15) is 4.79 Å². The number of likely N-dealkylation sites (tertiary alicyclic amines) is 1. The highest BCUT2D eigenvalue weighted by atomic mass is 32.1. The molecule has 0 saturated carbocycles. The minimum absolute atomic E-state index is 0.0476. The second-order valence-corrected chi connectivity index (χ2v) is 6.22. The van der Waals surface area contributed by atoms with Gasteiger partial charge in [-0.05, 0) is 19.3 Å². The van der Waals surface area contributed by atoms with Crippen LogP contribution in [0.25, 0.3) is 0 Å². The van der Waals surface area contributed by atoms with Crippen molar-refractivity contribution in [3.8, 4) is 0 Å². The SMILES string of the molecule is CCCNc1nc(N)c(C(=O)N2CCCCCCC2)s1. The average Bonchev–Trinajstić information content (AvgIpc) is 2.76. The minimum atomic E-state index is 0.0476. The number of nitrogen functional groups attached to an aromatic ring is 1. The molecule has 1 saturated heterocycles. The van der Waals surface area contributed by atoms with Gasteiger partial charge >= 0.3 is 0 Å². The number of carbonyl (C=O) groups excluding carboxylic acids is 1. The Kier molecular flexibility index (Phi) is 5.64. The number of carbonyl (C=O) groups is 1. The van der Waals surface area contributed by atoms with E-state index in [1.54, 1.807) is 0 Å². The van der Waals surface area contributed by atoms with Crippen molar-refractivity contribution in [1.29, 1.82) is 0 Å². The summed E-state index contributed by atoms with van der Waals surface area (Å²) in [6.45, 7) is 4.63. The predicted molar refractivity (Wildman–Crippen MR) is 84.3 cm³/mol. The molecule has 1 fully saturated rings. The van der Waals surface area contributed by atoms with Gasteiger partial charge in [0.2, 0.25) is 0 Å². The van der Waals surface area contributed by atoms with Crippen LogP contribution in [0.3, 0.4) is 0 Å². The fraction of sp³-hybridized carbons (Fsp3) is 0.714. The summed E-state index contributed by atoms with van der Waals surface area (Å²) in [7, 11) is 0. The maximum absolute atomic E-state index is 12.6. The van der Waals surface area contributed by atoms with E-state index in [0.29, 0.717) is 10.7 Å². The molecule has 6 heteroatoms. The molecule has 5 nitrogen and oxygen atoms in total. The Labute approximate surface area is 124 Å². The molecule has 3 N–H and O–H groups in total. The molecule has 1 aromatic rings. The van der Waals surface area contributed by atoms with Crippen molar-refractivity contribution in [2.45, 2.75) is 45.4 Å². The van der Waals surface area contributed by atoms with E-state index in [1.807, 2.05) is 4.90 Å². The van der Waals surface area contributed by atoms with E-state index in [0.717, 1.165) is 44.0 Å². The Morgan fingerprint density at radius 3 is 2.60 bits per heavy atom. The first-order chi connectivity index (χ1) is 9.72. The van der Waals surface area contributed by atoms with Crippen molar-refractivity contribution < 1.29 is 4.79 Å². The van der Waals surface area contributed by atoms with Crippen LogP contribution in [0.15, 0.2) is 0 Å². The lowest BCUT2D eigenvalue weighted by atomic mass is 10.1. The van der Waals surface area contributed by atoms with Crippen LogP contribution in [-0.4, -0.2) is 35.4 Å². The summed E-state index contributed by atoms with van der Waals surface area (Å²) >= 11 is 1.37. The normalized spacial score (nSPS) is 16.6. The molecular formula is C14H24N4OS. The van der Waals surface area contributed by atoms with Crippen LogP contribution in [0.5, 0.6) is 0 Å². The highest BCUT2D eigenvalue weighted by Crippen LogP contribution is 2.27. The van der Waals surface area contributed by atoms with Gasteiger partial charge in [0, 0.05) is 19.6 Å². The number of nitrogens with one attached hydrogen (secondary N) is 1. The van der Waals surface area contributed by atoms with Crippen molar-refractivity contribution >= 4 is 28.2 Å². The van der Waals surface area contributed by atoms with Gasteiger partial charge in [-0.1, -0.05) is 37.5 Å². The van der Waals surface area contributed by atoms with Crippen molar-refractivity contribution in [3.05, 3.63) is 4.88 Å². The third-order valence-corrected chi connectivity index (χ3v) is 4.53. The number of aromatic nitrogens is 1. The fourth-order valence-corrected chi connectivity index (χ4v) is 3.27. The molecular weight excluding hydrogens is 272 g/mol. The number of hydrogen-bond acceptors (Lipinski definition) is 5. The van der Waals surface area contributed by atoms with Crippen LogP contribution < -0.4 is 11.1 Å². The number of amides is 1. The Morgan fingerprint density at radius 1 is 1.30 bits per heavy atom. The zero-order valence-corrected chi connectivity index (χ0v) is 13.0. The summed E-state index contributed by atoms with van der Waals surface area (Å²) < 4.78 is 0. The fourth-order valence-electron chi connectivity index (χ4n) is 2.39. The molecule has 0 aromatic carbocycles. The standard InChI is InChI=1S/C14H24N4OS/c1-2-8-16-14-17-12(15)11(20-14)13(19)18-9-6-4-3-5-7-10-18/h2-10,15H2,1H3,(H,16,17). The Hall–Kier alpha value is -1.30. The number of rotatable bonds is 4. The molecule has 1 aliphatic rings. The largest absolute Gasteiger partial charge is 0.382 e. The molecule has 0 bridgehead atoms. The first-order valence-corrected chi connectivity index (χ1v) is 8.33.